The predicted molar refractivity (Wildman–Crippen MR) is 126 cm³/mol. The van der Waals surface area contributed by atoms with Gasteiger partial charge in [-0.3, -0.25) is 0 Å². The Kier molecular flexibility index (Phi) is 10.1. The average Bonchev–Trinajstić information content (AvgIpc) is 1.84. The second-order valence-corrected chi connectivity index (χ2v) is 22.9. The quantitative estimate of drug-likeness (QED) is 0.279. The van der Waals surface area contributed by atoms with E-state index in [9.17, 15) is 5.11 Å². The predicted octanol–water partition coefficient (Wildman–Crippen LogP) is 5.83. The summed E-state index contributed by atoms with van der Waals surface area (Å²) in [5, 5.41) is 10.1. The van der Waals surface area contributed by atoms with E-state index in [1.54, 1.807) is 0 Å². The summed E-state index contributed by atoms with van der Waals surface area (Å²) in [6, 6.07) is 0. The lowest BCUT2D eigenvalue weighted by Gasteiger charge is -2.41. The van der Waals surface area contributed by atoms with E-state index in [4.69, 9.17) is 0 Å². The standard InChI is InChI=1S/C4H2I8O/c5-1(6)2(7,8)3(9,10)4(11,12)13/h1,13H. The summed E-state index contributed by atoms with van der Waals surface area (Å²) < 4.78 is -0.512. The highest BCUT2D eigenvalue weighted by Crippen LogP contribution is 2.63. The Bertz CT molecular complexity index is 181. The van der Waals surface area contributed by atoms with Crippen molar-refractivity contribution in [3.8, 4) is 0 Å². The molecule has 0 aromatic rings. The van der Waals surface area contributed by atoms with Crippen molar-refractivity contribution in [2.24, 2.45) is 0 Å². The van der Waals surface area contributed by atoms with E-state index in [0.717, 1.165) is 0 Å². The van der Waals surface area contributed by atoms with Gasteiger partial charge >= 0.3 is 0 Å². The number of alkyl halides is 8. The van der Waals surface area contributed by atoms with Crippen molar-refractivity contribution >= 4 is 181 Å². The van der Waals surface area contributed by atoms with Gasteiger partial charge in [-0.2, -0.15) is 0 Å². The molecule has 0 saturated heterocycles. The lowest BCUT2D eigenvalue weighted by atomic mass is 10.3. The van der Waals surface area contributed by atoms with Crippen LogP contribution in [0, 0.1) is 0 Å². The Morgan fingerprint density at radius 2 is 1.15 bits per heavy atom. The molecule has 1 nitrogen and oxygen atoms in total. The van der Waals surface area contributed by atoms with E-state index in [0.29, 0.717) is 1.93 Å². The maximum atomic E-state index is 10.1. The Hall–Kier alpha value is 5.80. The zero-order valence-corrected chi connectivity index (χ0v) is 22.8. The molecular weight excluding hydrogens is 1080 g/mol. The summed E-state index contributed by atoms with van der Waals surface area (Å²) in [5.74, 6) is 0. The number of hydrogen-bond donors (Lipinski definition) is 1. The van der Waals surface area contributed by atoms with Crippen LogP contribution >= 0.6 is 181 Å². The van der Waals surface area contributed by atoms with Gasteiger partial charge in [0.15, 0.2) is 1.61 Å². The van der Waals surface area contributed by atoms with Crippen molar-refractivity contribution in [3.05, 3.63) is 0 Å². The number of aliphatic hydroxyl groups is 1. The highest BCUT2D eigenvalue weighted by molar-refractivity contribution is 14.2. The normalized spacial score (nSPS) is 15.2. The molecule has 0 heterocycles. The van der Waals surface area contributed by atoms with Crippen LogP contribution in [-0.4, -0.2) is 11.5 Å². The minimum absolute atomic E-state index is 0.00187. The monoisotopic (exact) mass is 1080 g/mol. The molecule has 0 rings (SSSR count). The third-order valence-electron chi connectivity index (χ3n) is 1.07. The molecular formula is C4H2I8O. The van der Waals surface area contributed by atoms with Crippen molar-refractivity contribution < 1.29 is 5.11 Å². The Morgan fingerprint density at radius 1 is 0.846 bits per heavy atom. The molecule has 0 aromatic carbocycles. The summed E-state index contributed by atoms with van der Waals surface area (Å²) in [6.07, 6.45) is 0. The molecule has 0 aromatic heterocycles. The third kappa shape index (κ3) is 5.00. The summed E-state index contributed by atoms with van der Waals surface area (Å²) in [5.41, 5.74) is 0. The largest absolute Gasteiger partial charge is 0.369 e. The van der Waals surface area contributed by atoms with E-state index in [2.05, 4.69) is 181 Å². The Labute approximate surface area is 187 Å². The third-order valence-corrected chi connectivity index (χ3v) is 23.7. The van der Waals surface area contributed by atoms with Crippen molar-refractivity contribution in [3.63, 3.8) is 0 Å². The summed E-state index contributed by atoms with van der Waals surface area (Å²) in [6.45, 7) is 0. The first-order chi connectivity index (χ1) is 5.44. The van der Waals surface area contributed by atoms with Gasteiger partial charge in [-0.15, -0.1) is 0 Å². The van der Waals surface area contributed by atoms with Crippen molar-refractivity contribution in [1.82, 2.24) is 0 Å². The smallest absolute Gasteiger partial charge is 0.192 e. The van der Waals surface area contributed by atoms with Crippen LogP contribution in [0.2, 0.25) is 0 Å². The molecule has 0 aliphatic carbocycles. The van der Waals surface area contributed by atoms with Crippen LogP contribution in [0.4, 0.5) is 0 Å². The molecule has 0 atom stereocenters. The molecule has 0 unspecified atom stereocenters. The van der Waals surface area contributed by atoms with Gasteiger partial charge in [0.25, 0.3) is 0 Å². The molecule has 0 aliphatic rings. The molecule has 0 fully saturated rings. The maximum absolute atomic E-state index is 10.1. The molecule has 80 valence electrons. The maximum Gasteiger partial charge on any atom is 0.192 e. The second kappa shape index (κ2) is 6.99. The van der Waals surface area contributed by atoms with E-state index < -0.39 is 1.61 Å². The van der Waals surface area contributed by atoms with Crippen molar-refractivity contribution in [2.45, 2.75) is 6.40 Å². The molecule has 0 amide bonds. The minimum atomic E-state index is -0.749. The van der Waals surface area contributed by atoms with Gasteiger partial charge in [-0.05, 0) is 45.2 Å². The van der Waals surface area contributed by atoms with E-state index in [1.807, 2.05) is 0 Å². The fraction of sp³-hybridized carbons (Fsp3) is 1.00. The highest BCUT2D eigenvalue weighted by Gasteiger charge is 2.58. The van der Waals surface area contributed by atoms with Gasteiger partial charge in [-0.25, -0.2) is 0 Å². The van der Waals surface area contributed by atoms with Crippen LogP contribution in [0.3, 0.4) is 0 Å². The Balaban J connectivity index is 5.04. The average molecular weight is 1080 g/mol. The molecule has 0 aliphatic heterocycles. The fourth-order valence-electron chi connectivity index (χ4n) is 0.338. The minimum Gasteiger partial charge on any atom is -0.369 e. The first kappa shape index (κ1) is 18.8. The Morgan fingerprint density at radius 3 is 1.23 bits per heavy atom. The van der Waals surface area contributed by atoms with Crippen LogP contribution in [0.5, 0.6) is 0 Å². The van der Waals surface area contributed by atoms with Gasteiger partial charge in [0.2, 0.25) is 0 Å². The second-order valence-electron chi connectivity index (χ2n) is 2.04. The van der Waals surface area contributed by atoms with Crippen LogP contribution in [-0.2, 0) is 0 Å². The van der Waals surface area contributed by atoms with E-state index in [-0.39, 0.29) is 2.86 Å². The summed E-state index contributed by atoms with van der Waals surface area (Å²) >= 11 is 18.5. The lowest BCUT2D eigenvalue weighted by Crippen LogP contribution is -2.50. The van der Waals surface area contributed by atoms with Crippen LogP contribution in [0.1, 0.15) is 0 Å². The highest BCUT2D eigenvalue weighted by atomic mass is 127. The lowest BCUT2D eigenvalue weighted by molar-refractivity contribution is 0.260. The summed E-state index contributed by atoms with van der Waals surface area (Å²) in [7, 11) is 0. The first-order valence-electron chi connectivity index (χ1n) is 2.58. The SMILES string of the molecule is OC(I)(I)C(I)(I)C(I)(I)C(I)I. The molecule has 0 saturated carbocycles. The van der Waals surface area contributed by atoms with Gasteiger partial charge in [0.1, 0.15) is 2.86 Å². The molecule has 0 radical (unpaired) electrons. The van der Waals surface area contributed by atoms with Crippen molar-refractivity contribution in [1.29, 1.82) is 0 Å². The number of halogens is 8. The zero-order valence-electron chi connectivity index (χ0n) is 5.55. The molecule has 1 N–H and O–H groups in total. The number of hydrogen-bond acceptors (Lipinski definition) is 1. The fourth-order valence-corrected chi connectivity index (χ4v) is 7.97. The van der Waals surface area contributed by atoms with Crippen molar-refractivity contribution in [2.75, 3.05) is 0 Å². The van der Waals surface area contributed by atoms with Gasteiger partial charge in [-0.1, -0.05) is 136 Å². The zero-order chi connectivity index (χ0) is 11.1. The molecule has 0 spiro atoms. The van der Waals surface area contributed by atoms with E-state index in [1.165, 1.54) is 0 Å². The topological polar surface area (TPSA) is 20.2 Å². The number of rotatable bonds is 3. The van der Waals surface area contributed by atoms with Crippen LogP contribution in [0.15, 0.2) is 0 Å². The molecule has 0 bridgehead atoms. The van der Waals surface area contributed by atoms with Gasteiger partial charge in [0.05, 0.1) is 1.93 Å². The van der Waals surface area contributed by atoms with Gasteiger partial charge in [0, 0.05) is 0 Å². The molecule has 9 heteroatoms. The molecule has 13 heavy (non-hydrogen) atoms. The van der Waals surface area contributed by atoms with Gasteiger partial charge < -0.3 is 5.11 Å². The van der Waals surface area contributed by atoms with E-state index >= 15 is 0 Å². The first-order valence-corrected chi connectivity index (χ1v) is 11.5. The van der Waals surface area contributed by atoms with Crippen LogP contribution in [0.25, 0.3) is 0 Å². The van der Waals surface area contributed by atoms with Crippen LogP contribution < -0.4 is 0 Å². The summed E-state index contributed by atoms with van der Waals surface area (Å²) in [4.78, 5) is 0.